The largest absolute Gasteiger partial charge is 0.370 e. The van der Waals surface area contributed by atoms with Gasteiger partial charge in [-0.1, -0.05) is 12.1 Å². The maximum atomic E-state index is 11.7. The lowest BCUT2D eigenvalue weighted by atomic mass is 10.2. The van der Waals surface area contributed by atoms with E-state index in [-0.39, 0.29) is 24.1 Å². The van der Waals surface area contributed by atoms with Crippen LogP contribution in [0.2, 0.25) is 0 Å². The number of benzene rings is 1. The van der Waals surface area contributed by atoms with Gasteiger partial charge in [0.05, 0.1) is 0 Å². The average molecular weight is 315 g/mol. The van der Waals surface area contributed by atoms with Crippen LogP contribution in [0.25, 0.3) is 6.08 Å². The van der Waals surface area contributed by atoms with Crippen molar-refractivity contribution in [3.63, 3.8) is 0 Å². The molecule has 0 unspecified atom stereocenters. The molecule has 3 amide bonds. The number of primary amides is 1. The van der Waals surface area contributed by atoms with Crippen LogP contribution < -0.4 is 16.0 Å². The molecule has 0 radical (unpaired) electrons. The van der Waals surface area contributed by atoms with E-state index in [1.165, 1.54) is 6.08 Å². The maximum Gasteiger partial charge on any atom is 0.243 e. The zero-order valence-electron chi connectivity index (χ0n) is 13.0. The summed E-state index contributed by atoms with van der Waals surface area (Å²) in [5.74, 6) is -0.428. The fraction of sp³-hybridized carbons (Fsp3) is 0.353. The highest BCUT2D eigenvalue weighted by Gasteiger charge is 2.21. The number of hydrogen-bond acceptors (Lipinski definition) is 3. The molecule has 0 atom stereocenters. The summed E-state index contributed by atoms with van der Waals surface area (Å²) in [7, 11) is 0. The smallest absolute Gasteiger partial charge is 0.243 e. The van der Waals surface area contributed by atoms with Crippen molar-refractivity contribution in [1.82, 2.24) is 5.32 Å². The molecule has 6 heteroatoms. The van der Waals surface area contributed by atoms with E-state index >= 15 is 0 Å². The van der Waals surface area contributed by atoms with Crippen LogP contribution in [-0.4, -0.2) is 30.8 Å². The molecular weight excluding hydrogens is 294 g/mol. The fourth-order valence-corrected chi connectivity index (χ4v) is 2.39. The lowest BCUT2D eigenvalue weighted by molar-refractivity contribution is -0.119. The van der Waals surface area contributed by atoms with Gasteiger partial charge in [0.1, 0.15) is 0 Å². The van der Waals surface area contributed by atoms with Crippen molar-refractivity contribution >= 4 is 29.5 Å². The minimum absolute atomic E-state index is 0.156. The molecule has 1 aromatic carbocycles. The second kappa shape index (κ2) is 8.12. The van der Waals surface area contributed by atoms with Gasteiger partial charge in [-0.3, -0.25) is 14.4 Å². The molecule has 1 aromatic rings. The number of hydrogen-bond donors (Lipinski definition) is 2. The third kappa shape index (κ3) is 5.25. The Balaban J connectivity index is 1.81. The lowest BCUT2D eigenvalue weighted by Gasteiger charge is -2.15. The monoisotopic (exact) mass is 315 g/mol. The molecular formula is C17H21N3O3. The number of nitrogens with two attached hydrogens (primary N) is 1. The molecule has 1 saturated heterocycles. The molecule has 122 valence electrons. The Labute approximate surface area is 135 Å². The van der Waals surface area contributed by atoms with Crippen LogP contribution in [0, 0.1) is 0 Å². The van der Waals surface area contributed by atoms with Crippen LogP contribution in [0.5, 0.6) is 0 Å². The van der Waals surface area contributed by atoms with Crippen LogP contribution in [0.3, 0.4) is 0 Å². The van der Waals surface area contributed by atoms with E-state index in [1.807, 2.05) is 24.3 Å². The van der Waals surface area contributed by atoms with E-state index in [9.17, 15) is 14.4 Å². The number of carbonyl (C=O) groups excluding carboxylic acids is 3. The van der Waals surface area contributed by atoms with Gasteiger partial charge in [0.2, 0.25) is 17.7 Å². The summed E-state index contributed by atoms with van der Waals surface area (Å²) in [4.78, 5) is 35.6. The quantitative estimate of drug-likeness (QED) is 0.585. The molecule has 0 saturated carbocycles. The van der Waals surface area contributed by atoms with E-state index in [2.05, 4.69) is 5.32 Å². The first-order valence-electron chi connectivity index (χ1n) is 7.71. The Morgan fingerprint density at radius 2 is 2.00 bits per heavy atom. The predicted octanol–water partition coefficient (Wildman–Crippen LogP) is 1.21. The van der Waals surface area contributed by atoms with Crippen LogP contribution in [0.1, 0.15) is 31.2 Å². The van der Waals surface area contributed by atoms with Crippen LogP contribution in [0.4, 0.5) is 5.69 Å². The van der Waals surface area contributed by atoms with Gasteiger partial charge in [-0.15, -0.1) is 0 Å². The van der Waals surface area contributed by atoms with Gasteiger partial charge in [0, 0.05) is 37.7 Å². The fourth-order valence-electron chi connectivity index (χ4n) is 2.39. The zero-order valence-corrected chi connectivity index (χ0v) is 13.0. The number of rotatable bonds is 7. The number of carbonyl (C=O) groups is 3. The molecule has 1 heterocycles. The molecule has 3 N–H and O–H groups in total. The van der Waals surface area contributed by atoms with Gasteiger partial charge < -0.3 is 16.0 Å². The molecule has 1 aliphatic heterocycles. The Hall–Kier alpha value is -2.63. The van der Waals surface area contributed by atoms with Crippen LogP contribution >= 0.6 is 0 Å². The van der Waals surface area contributed by atoms with Crippen LogP contribution in [-0.2, 0) is 14.4 Å². The molecule has 2 rings (SSSR count). The molecule has 0 bridgehead atoms. The predicted molar refractivity (Wildman–Crippen MR) is 88.5 cm³/mol. The Morgan fingerprint density at radius 1 is 1.26 bits per heavy atom. The van der Waals surface area contributed by atoms with Crippen molar-refractivity contribution in [2.45, 2.75) is 25.7 Å². The summed E-state index contributed by atoms with van der Waals surface area (Å²) in [6.07, 6.45) is 5.46. The first-order valence-corrected chi connectivity index (χ1v) is 7.71. The highest BCUT2D eigenvalue weighted by atomic mass is 16.2. The summed E-state index contributed by atoms with van der Waals surface area (Å²) in [5.41, 5.74) is 6.79. The van der Waals surface area contributed by atoms with Crippen molar-refractivity contribution in [3.05, 3.63) is 35.9 Å². The second-order valence-electron chi connectivity index (χ2n) is 5.43. The SMILES string of the molecule is NC(=O)CCCNC(=O)/C=C/c1ccc(N2CCCC2=O)cc1. The number of amides is 3. The molecule has 0 spiro atoms. The molecule has 23 heavy (non-hydrogen) atoms. The summed E-state index contributed by atoms with van der Waals surface area (Å²) in [6, 6.07) is 7.51. The summed E-state index contributed by atoms with van der Waals surface area (Å²) in [6.45, 7) is 1.18. The van der Waals surface area contributed by atoms with Crippen molar-refractivity contribution in [2.75, 3.05) is 18.0 Å². The van der Waals surface area contributed by atoms with Crippen LogP contribution in [0.15, 0.2) is 30.3 Å². The second-order valence-corrected chi connectivity index (χ2v) is 5.43. The Bertz CT molecular complexity index is 608. The number of nitrogens with zero attached hydrogens (tertiary/aromatic N) is 1. The highest BCUT2D eigenvalue weighted by Crippen LogP contribution is 2.21. The first kappa shape index (κ1) is 16.7. The lowest BCUT2D eigenvalue weighted by Crippen LogP contribution is -2.23. The van der Waals surface area contributed by atoms with Gasteiger partial charge in [-0.05, 0) is 36.6 Å². The van der Waals surface area contributed by atoms with E-state index < -0.39 is 0 Å². The molecule has 1 fully saturated rings. The minimum Gasteiger partial charge on any atom is -0.370 e. The first-order chi connectivity index (χ1) is 11.1. The van der Waals surface area contributed by atoms with Crippen molar-refractivity contribution < 1.29 is 14.4 Å². The van der Waals surface area contributed by atoms with Crippen molar-refractivity contribution in [3.8, 4) is 0 Å². The maximum absolute atomic E-state index is 11.7. The van der Waals surface area contributed by atoms with Gasteiger partial charge in [0.25, 0.3) is 0 Å². The Morgan fingerprint density at radius 3 is 2.61 bits per heavy atom. The summed E-state index contributed by atoms with van der Waals surface area (Å²) >= 11 is 0. The van der Waals surface area contributed by atoms with E-state index in [1.54, 1.807) is 11.0 Å². The highest BCUT2D eigenvalue weighted by molar-refractivity contribution is 5.95. The van der Waals surface area contributed by atoms with Crippen molar-refractivity contribution in [2.24, 2.45) is 5.73 Å². The molecule has 0 aromatic heterocycles. The Kier molecular flexibility index (Phi) is 5.91. The average Bonchev–Trinajstić information content (AvgIpc) is 2.96. The molecule has 6 nitrogen and oxygen atoms in total. The van der Waals surface area contributed by atoms with Gasteiger partial charge in [0.15, 0.2) is 0 Å². The topological polar surface area (TPSA) is 92.5 Å². The summed E-state index contributed by atoms with van der Waals surface area (Å²) < 4.78 is 0. The normalized spacial score (nSPS) is 14.4. The standard InChI is InChI=1S/C17H21N3O3/c18-15(21)3-1-11-19-16(22)10-7-13-5-8-14(9-6-13)20-12-2-4-17(20)23/h5-10H,1-4,11-12H2,(H2,18,21)(H,19,22)/b10-7+. The third-order valence-electron chi connectivity index (χ3n) is 3.60. The summed E-state index contributed by atoms with van der Waals surface area (Å²) in [5, 5.41) is 2.68. The van der Waals surface area contributed by atoms with Gasteiger partial charge >= 0.3 is 0 Å². The molecule has 1 aliphatic rings. The minimum atomic E-state index is -0.369. The molecule has 0 aliphatic carbocycles. The number of nitrogens with one attached hydrogen (secondary N) is 1. The van der Waals surface area contributed by atoms with Gasteiger partial charge in [-0.2, -0.15) is 0 Å². The van der Waals surface area contributed by atoms with E-state index in [0.29, 0.717) is 19.4 Å². The third-order valence-corrected chi connectivity index (χ3v) is 3.60. The van der Waals surface area contributed by atoms with E-state index in [0.717, 1.165) is 24.2 Å². The van der Waals surface area contributed by atoms with Gasteiger partial charge in [-0.25, -0.2) is 0 Å². The zero-order chi connectivity index (χ0) is 16.7. The van der Waals surface area contributed by atoms with E-state index in [4.69, 9.17) is 5.73 Å². The van der Waals surface area contributed by atoms with Crippen molar-refractivity contribution in [1.29, 1.82) is 0 Å². The number of anilines is 1.